The average molecular weight is 582 g/mol. The van der Waals surface area contributed by atoms with Crippen molar-refractivity contribution in [3.05, 3.63) is 48.5 Å². The summed E-state index contributed by atoms with van der Waals surface area (Å²) in [6, 6.07) is 10.2. The van der Waals surface area contributed by atoms with Gasteiger partial charge in [-0.1, -0.05) is 6.07 Å². The van der Waals surface area contributed by atoms with E-state index in [1.54, 1.807) is 24.3 Å². The van der Waals surface area contributed by atoms with Gasteiger partial charge in [0.2, 0.25) is 5.91 Å². The molecule has 1 atom stereocenters. The van der Waals surface area contributed by atoms with Gasteiger partial charge in [0.25, 0.3) is 11.8 Å². The molecule has 1 unspecified atom stereocenters. The Labute approximate surface area is 223 Å². The van der Waals surface area contributed by atoms with Gasteiger partial charge in [-0.05, 0) is 43.3 Å². The van der Waals surface area contributed by atoms with Crippen molar-refractivity contribution in [2.24, 2.45) is 15.3 Å². The zero-order chi connectivity index (χ0) is 28.8. The van der Waals surface area contributed by atoms with Crippen molar-refractivity contribution in [3.8, 4) is 5.75 Å². The van der Waals surface area contributed by atoms with Crippen LogP contribution in [0.25, 0.3) is 0 Å². The summed E-state index contributed by atoms with van der Waals surface area (Å²) in [5, 5.41) is 14.8. The molecule has 0 aliphatic carbocycles. The molecule has 1 heterocycles. The molecular formula is C22H23N5O10S2. The highest BCUT2D eigenvalue weighted by Gasteiger charge is 2.38. The standard InChI is InChI=1S/C22H23N5O10S2/c1-14-21(25-24-15-6-8-18(9-7-15)38(31,32)11-10-37-39(33,34)35)22(30)27(26-14)20(29)13-19(28)23-16-4-3-5-17(12-16)36-2/h3-9,12,21H,10-11,13H2,1-2H3,(H,23,28)(H,33,34,35). The molecule has 0 radical (unpaired) electrons. The maximum atomic E-state index is 12.7. The molecule has 39 heavy (non-hydrogen) atoms. The number of benzene rings is 2. The van der Waals surface area contributed by atoms with Crippen molar-refractivity contribution in [1.82, 2.24) is 5.01 Å². The highest BCUT2D eigenvalue weighted by atomic mass is 32.3. The highest BCUT2D eigenvalue weighted by Crippen LogP contribution is 2.21. The van der Waals surface area contributed by atoms with Crippen molar-refractivity contribution in [1.29, 1.82) is 0 Å². The second-order valence-electron chi connectivity index (χ2n) is 7.92. The highest BCUT2D eigenvalue weighted by molar-refractivity contribution is 7.91. The molecular weight excluding hydrogens is 558 g/mol. The van der Waals surface area contributed by atoms with Crippen LogP contribution in [0, 0.1) is 0 Å². The summed E-state index contributed by atoms with van der Waals surface area (Å²) in [6.45, 7) is 0.679. The zero-order valence-corrected chi connectivity index (χ0v) is 22.2. The molecule has 17 heteroatoms. The smallest absolute Gasteiger partial charge is 0.397 e. The van der Waals surface area contributed by atoms with Gasteiger partial charge in [-0.3, -0.25) is 18.9 Å². The van der Waals surface area contributed by atoms with Crippen LogP contribution in [-0.2, 0) is 38.8 Å². The number of hydrogen-bond acceptors (Lipinski definition) is 12. The lowest BCUT2D eigenvalue weighted by Crippen LogP contribution is -2.36. The van der Waals surface area contributed by atoms with Gasteiger partial charge in [-0.2, -0.15) is 28.8 Å². The van der Waals surface area contributed by atoms with Gasteiger partial charge in [0, 0.05) is 11.8 Å². The van der Waals surface area contributed by atoms with Crippen LogP contribution in [0.1, 0.15) is 13.3 Å². The molecule has 208 valence electrons. The van der Waals surface area contributed by atoms with E-state index in [2.05, 4.69) is 24.8 Å². The summed E-state index contributed by atoms with van der Waals surface area (Å²) >= 11 is 0. The fraction of sp³-hybridized carbons (Fsp3) is 0.273. The predicted molar refractivity (Wildman–Crippen MR) is 136 cm³/mol. The lowest BCUT2D eigenvalue weighted by atomic mass is 10.2. The Morgan fingerprint density at radius 1 is 1.13 bits per heavy atom. The largest absolute Gasteiger partial charge is 0.497 e. The molecule has 0 spiro atoms. The molecule has 2 aromatic rings. The number of ether oxygens (including phenoxy) is 1. The van der Waals surface area contributed by atoms with E-state index in [1.807, 2.05) is 0 Å². The number of hydrogen-bond donors (Lipinski definition) is 2. The number of nitrogens with zero attached hydrogens (tertiary/aromatic N) is 4. The van der Waals surface area contributed by atoms with Crippen LogP contribution in [0.4, 0.5) is 11.4 Å². The second-order valence-corrected chi connectivity index (χ2v) is 11.1. The Bertz CT molecular complexity index is 1540. The molecule has 0 bridgehead atoms. The Hall–Kier alpha value is -4.06. The van der Waals surface area contributed by atoms with Crippen molar-refractivity contribution in [3.63, 3.8) is 0 Å². The first-order valence-corrected chi connectivity index (χ1v) is 14.0. The third-order valence-corrected chi connectivity index (χ3v) is 7.23. The van der Waals surface area contributed by atoms with E-state index in [0.29, 0.717) is 16.4 Å². The summed E-state index contributed by atoms with van der Waals surface area (Å²) in [6.07, 6.45) is -0.658. The summed E-state index contributed by atoms with van der Waals surface area (Å²) in [5.74, 6) is -2.55. The normalized spacial score (nSPS) is 15.9. The quantitative estimate of drug-likeness (QED) is 0.222. The maximum Gasteiger partial charge on any atom is 0.397 e. The number of hydrazone groups is 1. The topological polar surface area (TPSA) is 211 Å². The van der Waals surface area contributed by atoms with E-state index in [-0.39, 0.29) is 16.3 Å². The molecule has 15 nitrogen and oxygen atoms in total. The molecule has 3 amide bonds. The van der Waals surface area contributed by atoms with Gasteiger partial charge in [-0.25, -0.2) is 12.6 Å². The monoisotopic (exact) mass is 581 g/mol. The number of nitrogens with one attached hydrogen (secondary N) is 1. The molecule has 1 aliphatic heterocycles. The van der Waals surface area contributed by atoms with Crippen molar-refractivity contribution < 1.29 is 44.7 Å². The number of carbonyl (C=O) groups excluding carboxylic acids is 3. The summed E-state index contributed by atoms with van der Waals surface area (Å²) in [7, 11) is -7.23. The van der Waals surface area contributed by atoms with Crippen LogP contribution < -0.4 is 10.1 Å². The number of sulfone groups is 1. The van der Waals surface area contributed by atoms with Crippen LogP contribution >= 0.6 is 0 Å². The molecule has 0 aromatic heterocycles. The van der Waals surface area contributed by atoms with Crippen molar-refractivity contribution in [2.45, 2.75) is 24.3 Å². The second kappa shape index (κ2) is 12.2. The summed E-state index contributed by atoms with van der Waals surface area (Å²) in [5.41, 5.74) is 0.728. The van der Waals surface area contributed by atoms with E-state index in [9.17, 15) is 31.2 Å². The van der Waals surface area contributed by atoms with Gasteiger partial charge in [0.15, 0.2) is 15.9 Å². The average Bonchev–Trinajstić information content (AvgIpc) is 3.15. The van der Waals surface area contributed by atoms with Gasteiger partial charge in [0.1, 0.15) is 12.2 Å². The maximum absolute atomic E-state index is 12.7. The first-order valence-electron chi connectivity index (χ1n) is 11.0. The Balaban J connectivity index is 1.59. The zero-order valence-electron chi connectivity index (χ0n) is 20.5. The minimum Gasteiger partial charge on any atom is -0.497 e. The minimum atomic E-state index is -4.77. The van der Waals surface area contributed by atoms with Crippen LogP contribution in [0.5, 0.6) is 5.75 Å². The van der Waals surface area contributed by atoms with E-state index >= 15 is 0 Å². The Morgan fingerprint density at radius 2 is 1.82 bits per heavy atom. The van der Waals surface area contributed by atoms with E-state index in [0.717, 1.165) is 0 Å². The predicted octanol–water partition coefficient (Wildman–Crippen LogP) is 1.51. The SMILES string of the molecule is COc1cccc(NC(=O)CC(=O)N2N=C(C)C(N=Nc3ccc(S(=O)(=O)CCOS(=O)(=O)O)cc3)C2=O)c1. The molecule has 3 rings (SSSR count). The summed E-state index contributed by atoms with van der Waals surface area (Å²) in [4.78, 5) is 37.3. The van der Waals surface area contributed by atoms with Crippen LogP contribution in [0.2, 0.25) is 0 Å². The van der Waals surface area contributed by atoms with E-state index < -0.39 is 62.8 Å². The number of methoxy groups -OCH3 is 1. The van der Waals surface area contributed by atoms with Crippen molar-refractivity contribution in [2.75, 3.05) is 24.8 Å². The van der Waals surface area contributed by atoms with Gasteiger partial charge in [0.05, 0.1) is 35.8 Å². The fourth-order valence-corrected chi connectivity index (χ4v) is 4.69. The first kappa shape index (κ1) is 29.5. The third kappa shape index (κ3) is 8.21. The van der Waals surface area contributed by atoms with E-state index in [4.69, 9.17) is 9.29 Å². The Morgan fingerprint density at radius 3 is 2.46 bits per heavy atom. The van der Waals surface area contributed by atoms with Gasteiger partial charge < -0.3 is 10.1 Å². The molecule has 0 saturated heterocycles. The molecule has 2 N–H and O–H groups in total. The van der Waals surface area contributed by atoms with Crippen molar-refractivity contribution >= 4 is 55.0 Å². The van der Waals surface area contributed by atoms with Gasteiger partial charge >= 0.3 is 10.4 Å². The van der Waals surface area contributed by atoms with Crippen LogP contribution in [0.3, 0.4) is 0 Å². The number of azo groups is 1. The molecule has 1 aliphatic rings. The van der Waals surface area contributed by atoms with Crippen LogP contribution in [0.15, 0.2) is 68.8 Å². The number of carbonyl (C=O) groups is 3. The number of amides is 3. The number of rotatable bonds is 11. The minimum absolute atomic E-state index is 0.156. The fourth-order valence-electron chi connectivity index (χ4n) is 3.20. The lowest BCUT2D eigenvalue weighted by Gasteiger charge is -2.11. The van der Waals surface area contributed by atoms with Crippen LogP contribution in [-0.4, -0.2) is 75.3 Å². The first-order chi connectivity index (χ1) is 18.3. The number of imide groups is 1. The molecule has 2 aromatic carbocycles. The Kier molecular flexibility index (Phi) is 9.23. The summed E-state index contributed by atoms with van der Waals surface area (Å²) < 4.78 is 63.2. The van der Waals surface area contributed by atoms with E-state index in [1.165, 1.54) is 38.3 Å². The number of anilines is 1. The lowest BCUT2D eigenvalue weighted by molar-refractivity contribution is -0.144. The van der Waals surface area contributed by atoms with Gasteiger partial charge in [-0.15, -0.1) is 0 Å². The molecule has 0 saturated carbocycles. The third-order valence-electron chi connectivity index (χ3n) is 5.07. The molecule has 0 fully saturated rings.